The van der Waals surface area contributed by atoms with Crippen molar-refractivity contribution in [1.82, 2.24) is 5.32 Å². The van der Waals surface area contributed by atoms with Crippen molar-refractivity contribution in [2.45, 2.75) is 12.4 Å². The quantitative estimate of drug-likeness (QED) is 0.653. The zero-order valence-corrected chi connectivity index (χ0v) is 10.1. The summed E-state index contributed by atoms with van der Waals surface area (Å²) in [6.07, 6.45) is -4.78. The van der Waals surface area contributed by atoms with Crippen molar-refractivity contribution < 1.29 is 32.9 Å². The van der Waals surface area contributed by atoms with E-state index in [1.165, 1.54) is 12.1 Å². The van der Waals surface area contributed by atoms with E-state index < -0.39 is 37.4 Å². The first-order valence-electron chi connectivity index (χ1n) is 5.49. The molecule has 0 aliphatic heterocycles. The summed E-state index contributed by atoms with van der Waals surface area (Å²) < 4.78 is 39.4. The molecule has 9 heteroatoms. The van der Waals surface area contributed by atoms with Crippen LogP contribution in [0.5, 0.6) is 5.75 Å². The number of carbonyl (C=O) groups excluding carboxylic acids is 1. The Kier molecular flexibility index (Phi) is 5.59. The van der Waals surface area contributed by atoms with E-state index in [9.17, 15) is 18.0 Å². The number of aliphatic hydroxyl groups excluding tert-OH is 2. The SMILES string of the molecule is O=C(Nc1ccc(OC(F)(F)F)cc1)NC(CO)CO. The van der Waals surface area contributed by atoms with Gasteiger partial charge in [-0.05, 0) is 24.3 Å². The summed E-state index contributed by atoms with van der Waals surface area (Å²) in [7, 11) is 0. The Labute approximate surface area is 112 Å². The number of hydrogen-bond donors (Lipinski definition) is 4. The third kappa shape index (κ3) is 5.76. The van der Waals surface area contributed by atoms with Crippen LogP contribution >= 0.6 is 0 Å². The van der Waals surface area contributed by atoms with Gasteiger partial charge in [0.1, 0.15) is 5.75 Å². The number of alkyl halides is 3. The molecule has 1 rings (SSSR count). The molecule has 0 aromatic heterocycles. The first kappa shape index (κ1) is 16.1. The Morgan fingerprint density at radius 2 is 1.75 bits per heavy atom. The summed E-state index contributed by atoms with van der Waals surface area (Å²) in [5, 5.41) is 22.1. The van der Waals surface area contributed by atoms with Crippen LogP contribution < -0.4 is 15.4 Å². The molecule has 20 heavy (non-hydrogen) atoms. The van der Waals surface area contributed by atoms with Crippen molar-refractivity contribution in [2.75, 3.05) is 18.5 Å². The monoisotopic (exact) mass is 294 g/mol. The van der Waals surface area contributed by atoms with Crippen molar-refractivity contribution in [3.05, 3.63) is 24.3 Å². The van der Waals surface area contributed by atoms with E-state index in [1.807, 2.05) is 0 Å². The van der Waals surface area contributed by atoms with Crippen LogP contribution in [-0.4, -0.2) is 41.9 Å². The average molecular weight is 294 g/mol. The third-order valence-electron chi connectivity index (χ3n) is 2.12. The summed E-state index contributed by atoms with van der Waals surface area (Å²) in [5.74, 6) is -0.410. The molecule has 0 saturated carbocycles. The second-order valence-electron chi connectivity index (χ2n) is 3.73. The van der Waals surface area contributed by atoms with Crippen molar-refractivity contribution in [3.63, 3.8) is 0 Å². The van der Waals surface area contributed by atoms with E-state index in [0.29, 0.717) is 0 Å². The van der Waals surface area contributed by atoms with Crippen LogP contribution in [0.1, 0.15) is 0 Å². The predicted octanol–water partition coefficient (Wildman–Crippen LogP) is 1.06. The van der Waals surface area contributed by atoms with Gasteiger partial charge in [0, 0.05) is 5.69 Å². The van der Waals surface area contributed by atoms with Gasteiger partial charge in [-0.1, -0.05) is 0 Å². The highest BCUT2D eigenvalue weighted by Gasteiger charge is 2.30. The van der Waals surface area contributed by atoms with Gasteiger partial charge >= 0.3 is 12.4 Å². The van der Waals surface area contributed by atoms with Gasteiger partial charge < -0.3 is 25.6 Å². The Morgan fingerprint density at radius 1 is 1.20 bits per heavy atom. The van der Waals surface area contributed by atoms with Gasteiger partial charge in [0.25, 0.3) is 0 Å². The van der Waals surface area contributed by atoms with Crippen LogP contribution in [-0.2, 0) is 0 Å². The maximum atomic E-state index is 11.9. The number of nitrogens with one attached hydrogen (secondary N) is 2. The first-order valence-corrected chi connectivity index (χ1v) is 5.49. The zero-order chi connectivity index (χ0) is 15.2. The van der Waals surface area contributed by atoms with Crippen LogP contribution in [0.15, 0.2) is 24.3 Å². The van der Waals surface area contributed by atoms with E-state index in [0.717, 1.165) is 12.1 Å². The number of hydrogen-bond acceptors (Lipinski definition) is 4. The maximum Gasteiger partial charge on any atom is 0.573 e. The molecule has 0 aliphatic carbocycles. The lowest BCUT2D eigenvalue weighted by molar-refractivity contribution is -0.274. The molecule has 1 aromatic rings. The van der Waals surface area contributed by atoms with E-state index in [-0.39, 0.29) is 5.69 Å². The zero-order valence-electron chi connectivity index (χ0n) is 10.1. The van der Waals surface area contributed by atoms with E-state index in [2.05, 4.69) is 15.4 Å². The average Bonchev–Trinajstić information content (AvgIpc) is 2.36. The van der Waals surface area contributed by atoms with Crippen LogP contribution in [0, 0.1) is 0 Å². The fourth-order valence-corrected chi connectivity index (χ4v) is 1.24. The number of urea groups is 1. The van der Waals surface area contributed by atoms with Crippen molar-refractivity contribution in [2.24, 2.45) is 0 Å². The standard InChI is InChI=1S/C11H13F3N2O4/c12-11(13,14)20-9-3-1-7(2-4-9)15-10(19)16-8(5-17)6-18/h1-4,8,17-18H,5-6H2,(H2,15,16,19). The Balaban J connectivity index is 2.55. The van der Waals surface area contributed by atoms with E-state index in [1.54, 1.807) is 0 Å². The lowest BCUT2D eigenvalue weighted by Crippen LogP contribution is -2.42. The molecule has 0 saturated heterocycles. The molecule has 0 bridgehead atoms. The van der Waals surface area contributed by atoms with Crippen LogP contribution in [0.25, 0.3) is 0 Å². The summed E-state index contributed by atoms with van der Waals surface area (Å²) in [6, 6.07) is 2.99. The van der Waals surface area contributed by atoms with Crippen molar-refractivity contribution >= 4 is 11.7 Å². The topological polar surface area (TPSA) is 90.8 Å². The molecule has 0 spiro atoms. The Bertz CT molecular complexity index is 432. The smallest absolute Gasteiger partial charge is 0.406 e. The minimum atomic E-state index is -4.78. The lowest BCUT2D eigenvalue weighted by Gasteiger charge is -2.14. The van der Waals surface area contributed by atoms with Crippen LogP contribution in [0.2, 0.25) is 0 Å². The molecule has 0 fully saturated rings. The lowest BCUT2D eigenvalue weighted by atomic mass is 10.3. The van der Waals surface area contributed by atoms with Crippen molar-refractivity contribution in [1.29, 1.82) is 0 Å². The van der Waals surface area contributed by atoms with Crippen molar-refractivity contribution in [3.8, 4) is 5.75 Å². The predicted molar refractivity (Wildman–Crippen MR) is 63.2 cm³/mol. The molecule has 0 heterocycles. The fraction of sp³-hybridized carbons (Fsp3) is 0.364. The van der Waals surface area contributed by atoms with E-state index in [4.69, 9.17) is 10.2 Å². The van der Waals surface area contributed by atoms with Gasteiger partial charge in [-0.2, -0.15) is 0 Å². The number of carbonyl (C=O) groups is 1. The number of anilines is 1. The highest BCUT2D eigenvalue weighted by atomic mass is 19.4. The maximum absolute atomic E-state index is 11.9. The number of halogens is 3. The van der Waals surface area contributed by atoms with Gasteiger partial charge in [0.2, 0.25) is 0 Å². The van der Waals surface area contributed by atoms with Gasteiger partial charge in [0.05, 0.1) is 19.3 Å². The number of amides is 2. The molecule has 0 unspecified atom stereocenters. The molecule has 112 valence electrons. The fourth-order valence-electron chi connectivity index (χ4n) is 1.24. The molecule has 6 nitrogen and oxygen atoms in total. The highest BCUT2D eigenvalue weighted by Crippen LogP contribution is 2.23. The molecular weight excluding hydrogens is 281 g/mol. The van der Waals surface area contributed by atoms with E-state index >= 15 is 0 Å². The largest absolute Gasteiger partial charge is 0.573 e. The molecule has 0 aliphatic rings. The number of benzene rings is 1. The minimum absolute atomic E-state index is 0.228. The number of aliphatic hydroxyl groups is 2. The normalized spacial score (nSPS) is 11.3. The molecule has 4 N–H and O–H groups in total. The van der Waals surface area contributed by atoms with Crippen LogP contribution in [0.4, 0.5) is 23.7 Å². The second kappa shape index (κ2) is 6.96. The molecule has 0 radical (unpaired) electrons. The van der Waals surface area contributed by atoms with Gasteiger partial charge in [-0.15, -0.1) is 13.2 Å². The van der Waals surface area contributed by atoms with Gasteiger partial charge in [-0.25, -0.2) is 4.79 Å². The minimum Gasteiger partial charge on any atom is -0.406 e. The Hall–Kier alpha value is -2.00. The summed E-state index contributed by atoms with van der Waals surface area (Å²) >= 11 is 0. The third-order valence-corrected chi connectivity index (χ3v) is 2.12. The first-order chi connectivity index (χ1) is 9.34. The number of rotatable bonds is 5. The summed E-state index contributed by atoms with van der Waals surface area (Å²) in [6.45, 7) is -0.884. The highest BCUT2D eigenvalue weighted by molar-refractivity contribution is 5.89. The second-order valence-corrected chi connectivity index (χ2v) is 3.73. The summed E-state index contributed by atoms with van der Waals surface area (Å²) in [5.41, 5.74) is 0.228. The molecule has 0 atom stereocenters. The number of ether oxygens (including phenoxy) is 1. The summed E-state index contributed by atoms with van der Waals surface area (Å²) in [4.78, 5) is 11.4. The van der Waals surface area contributed by atoms with Gasteiger partial charge in [-0.3, -0.25) is 0 Å². The Morgan fingerprint density at radius 3 is 2.20 bits per heavy atom. The van der Waals surface area contributed by atoms with Gasteiger partial charge in [0.15, 0.2) is 0 Å². The molecule has 1 aromatic carbocycles. The van der Waals surface area contributed by atoms with Crippen LogP contribution in [0.3, 0.4) is 0 Å². The molecule has 2 amide bonds. The molecular formula is C11H13F3N2O4.